The maximum Gasteiger partial charge on any atom is 0.184 e. The molecule has 0 bridgehead atoms. The molecule has 2 heterocycles. The van der Waals surface area contributed by atoms with Crippen molar-refractivity contribution in [1.82, 2.24) is 0 Å². The highest BCUT2D eigenvalue weighted by atomic mass is 32.2. The summed E-state index contributed by atoms with van der Waals surface area (Å²) < 4.78 is 29.3. The zero-order chi connectivity index (χ0) is 13.5. The third-order valence-electron chi connectivity index (χ3n) is 3.09. The van der Waals surface area contributed by atoms with Gasteiger partial charge < -0.3 is 9.57 Å². The number of hydrogen-bond acceptors (Lipinski definition) is 5. The second-order valence-corrected chi connectivity index (χ2v) is 6.30. The number of nitrogens with zero attached hydrogens (tertiary/aromatic N) is 1. The van der Waals surface area contributed by atoms with Gasteiger partial charge in [0, 0.05) is 11.0 Å². The van der Waals surface area contributed by atoms with Crippen molar-refractivity contribution in [2.45, 2.75) is 18.3 Å². The van der Waals surface area contributed by atoms with Crippen LogP contribution in [0.2, 0.25) is 0 Å². The van der Waals surface area contributed by atoms with Gasteiger partial charge in [-0.15, -0.1) is 0 Å². The van der Waals surface area contributed by atoms with Crippen LogP contribution in [-0.2, 0) is 14.7 Å². The van der Waals surface area contributed by atoms with Crippen LogP contribution in [-0.4, -0.2) is 32.1 Å². The predicted molar refractivity (Wildman–Crippen MR) is 70.9 cm³/mol. The van der Waals surface area contributed by atoms with Crippen LogP contribution < -0.4 is 4.74 Å². The lowest BCUT2D eigenvalue weighted by molar-refractivity contribution is 0.123. The van der Waals surface area contributed by atoms with Gasteiger partial charge in [0.2, 0.25) is 0 Å². The van der Waals surface area contributed by atoms with Crippen LogP contribution in [0.3, 0.4) is 0 Å². The van der Waals surface area contributed by atoms with Gasteiger partial charge in [-0.25, -0.2) is 8.42 Å². The summed E-state index contributed by atoms with van der Waals surface area (Å²) in [7, 11) is -3.32. The van der Waals surface area contributed by atoms with E-state index in [4.69, 9.17) is 9.57 Å². The molecular formula is C13H13NO4S. The molecule has 0 aromatic heterocycles. The average Bonchev–Trinajstić information content (AvgIpc) is 2.93. The van der Waals surface area contributed by atoms with Crippen LogP contribution in [0.4, 0.5) is 0 Å². The van der Waals surface area contributed by atoms with E-state index in [2.05, 4.69) is 5.16 Å². The highest BCUT2D eigenvalue weighted by Crippen LogP contribution is 2.31. The van der Waals surface area contributed by atoms with Crippen LogP contribution in [0.15, 0.2) is 40.9 Å². The summed E-state index contributed by atoms with van der Waals surface area (Å²) in [6, 6.07) is 7.22. The van der Waals surface area contributed by atoms with Gasteiger partial charge >= 0.3 is 0 Å². The van der Waals surface area contributed by atoms with Crippen LogP contribution in [0, 0.1) is 0 Å². The molecule has 3 rings (SSSR count). The lowest BCUT2D eigenvalue weighted by Crippen LogP contribution is -2.31. The van der Waals surface area contributed by atoms with Crippen molar-refractivity contribution in [2.75, 3.05) is 6.61 Å². The van der Waals surface area contributed by atoms with Crippen molar-refractivity contribution >= 4 is 15.5 Å². The molecule has 0 saturated heterocycles. The topological polar surface area (TPSA) is 65.0 Å². The highest BCUT2D eigenvalue weighted by Gasteiger charge is 2.46. The van der Waals surface area contributed by atoms with E-state index >= 15 is 0 Å². The first-order chi connectivity index (χ1) is 9.12. The van der Waals surface area contributed by atoms with E-state index < -0.39 is 21.2 Å². The molecule has 0 spiro atoms. The monoisotopic (exact) mass is 279 g/mol. The minimum absolute atomic E-state index is 0.441. The third-order valence-corrected chi connectivity index (χ3v) is 4.83. The predicted octanol–water partition coefficient (Wildman–Crippen LogP) is 1.50. The maximum atomic E-state index is 12.0. The maximum absolute atomic E-state index is 12.0. The molecule has 0 amide bonds. The third kappa shape index (κ3) is 2.02. The fourth-order valence-corrected chi connectivity index (χ4v) is 3.81. The van der Waals surface area contributed by atoms with Crippen LogP contribution >= 0.6 is 0 Å². The van der Waals surface area contributed by atoms with Crippen molar-refractivity contribution in [3.63, 3.8) is 0 Å². The Balaban J connectivity index is 1.97. The molecule has 100 valence electrons. The molecule has 0 fully saturated rings. The van der Waals surface area contributed by atoms with Gasteiger partial charge in [0.15, 0.2) is 21.2 Å². The molecule has 0 aliphatic carbocycles. The molecule has 2 aliphatic heterocycles. The standard InChI is InChI=1S/C13H13NO4S/c1-2-17-10-5-3-4-9(8-10)12-13-11(18-14-12)6-7-19(13,15)16/h3-8,11,13H,2H2,1H3. The lowest BCUT2D eigenvalue weighted by atomic mass is 10.0. The molecule has 2 atom stereocenters. The van der Waals surface area contributed by atoms with Crippen molar-refractivity contribution in [3.8, 4) is 5.75 Å². The summed E-state index contributed by atoms with van der Waals surface area (Å²) in [6.45, 7) is 2.45. The van der Waals surface area contributed by atoms with Crippen molar-refractivity contribution < 1.29 is 18.0 Å². The number of benzene rings is 1. The summed E-state index contributed by atoms with van der Waals surface area (Å²) in [5.74, 6) is 0.689. The SMILES string of the molecule is CCOc1cccc(C2=NOC3C=CS(=O)(=O)C23)c1. The fraction of sp³-hybridized carbons (Fsp3) is 0.308. The minimum atomic E-state index is -3.32. The first-order valence-electron chi connectivity index (χ1n) is 6.01. The molecule has 0 N–H and O–H groups in total. The van der Waals surface area contributed by atoms with Crippen LogP contribution in [0.25, 0.3) is 0 Å². The average molecular weight is 279 g/mol. The summed E-state index contributed by atoms with van der Waals surface area (Å²) in [6.07, 6.45) is 1.03. The molecule has 1 aromatic carbocycles. The van der Waals surface area contributed by atoms with Gasteiger partial charge in [-0.05, 0) is 25.1 Å². The Kier molecular flexibility index (Phi) is 2.82. The molecule has 0 radical (unpaired) electrons. The summed E-state index contributed by atoms with van der Waals surface area (Å²) in [4.78, 5) is 5.16. The van der Waals surface area contributed by atoms with E-state index in [0.717, 1.165) is 0 Å². The van der Waals surface area contributed by atoms with Gasteiger partial charge in [0.05, 0.1) is 6.61 Å². The van der Waals surface area contributed by atoms with Crippen LogP contribution in [0.5, 0.6) is 5.75 Å². The van der Waals surface area contributed by atoms with Gasteiger partial charge in [-0.1, -0.05) is 17.3 Å². The molecule has 1 aromatic rings. The number of fused-ring (bicyclic) bond motifs is 1. The van der Waals surface area contributed by atoms with E-state index in [0.29, 0.717) is 23.6 Å². The van der Waals surface area contributed by atoms with Crippen LogP contribution in [0.1, 0.15) is 12.5 Å². The second kappa shape index (κ2) is 4.38. The van der Waals surface area contributed by atoms with Gasteiger partial charge in [-0.2, -0.15) is 0 Å². The second-order valence-electron chi connectivity index (χ2n) is 4.35. The summed E-state index contributed by atoms with van der Waals surface area (Å²) in [5, 5.41) is 4.38. The van der Waals surface area contributed by atoms with E-state index in [1.165, 1.54) is 11.5 Å². The number of ether oxygens (including phenoxy) is 1. The molecule has 5 nitrogen and oxygen atoms in total. The number of sulfone groups is 1. The normalized spacial score (nSPS) is 26.7. The highest BCUT2D eigenvalue weighted by molar-refractivity contribution is 7.96. The zero-order valence-corrected chi connectivity index (χ0v) is 11.1. The summed E-state index contributed by atoms with van der Waals surface area (Å²) in [5.41, 5.74) is 1.15. The number of oxime groups is 1. The summed E-state index contributed by atoms with van der Waals surface area (Å²) >= 11 is 0. The largest absolute Gasteiger partial charge is 0.494 e. The fourth-order valence-electron chi connectivity index (χ4n) is 2.26. The van der Waals surface area contributed by atoms with E-state index in [1.807, 2.05) is 19.1 Å². The Morgan fingerprint density at radius 1 is 1.42 bits per heavy atom. The van der Waals surface area contributed by atoms with E-state index in [9.17, 15) is 8.42 Å². The van der Waals surface area contributed by atoms with Gasteiger partial charge in [0.1, 0.15) is 11.5 Å². The first kappa shape index (κ1) is 12.2. The lowest BCUT2D eigenvalue weighted by Gasteiger charge is -2.10. The van der Waals surface area contributed by atoms with E-state index in [1.54, 1.807) is 12.1 Å². The number of rotatable bonds is 3. The van der Waals surface area contributed by atoms with Gasteiger partial charge in [0.25, 0.3) is 0 Å². The molecule has 2 unspecified atom stereocenters. The molecule has 19 heavy (non-hydrogen) atoms. The van der Waals surface area contributed by atoms with Crippen molar-refractivity contribution in [3.05, 3.63) is 41.3 Å². The Hall–Kier alpha value is -1.82. The smallest absolute Gasteiger partial charge is 0.184 e. The number of hydrogen-bond donors (Lipinski definition) is 0. The quantitative estimate of drug-likeness (QED) is 0.841. The molecule has 0 saturated carbocycles. The first-order valence-corrected chi connectivity index (χ1v) is 7.62. The molecule has 2 aliphatic rings. The molecular weight excluding hydrogens is 266 g/mol. The minimum Gasteiger partial charge on any atom is -0.494 e. The Labute approximate surface area is 111 Å². The Morgan fingerprint density at radius 3 is 3.05 bits per heavy atom. The Morgan fingerprint density at radius 2 is 2.26 bits per heavy atom. The zero-order valence-electron chi connectivity index (χ0n) is 10.3. The van der Waals surface area contributed by atoms with E-state index in [-0.39, 0.29) is 0 Å². The molecule has 6 heteroatoms. The van der Waals surface area contributed by atoms with Crippen molar-refractivity contribution in [2.24, 2.45) is 5.16 Å². The van der Waals surface area contributed by atoms with Crippen molar-refractivity contribution in [1.29, 1.82) is 0 Å². The Bertz CT molecular complexity index is 663. The van der Waals surface area contributed by atoms with Gasteiger partial charge in [-0.3, -0.25) is 0 Å².